The van der Waals surface area contributed by atoms with Gasteiger partial charge in [0.05, 0.1) is 12.2 Å². The van der Waals surface area contributed by atoms with Crippen LogP contribution in [0.1, 0.15) is 27.7 Å². The predicted molar refractivity (Wildman–Crippen MR) is 64.5 cm³/mol. The van der Waals surface area contributed by atoms with Gasteiger partial charge in [-0.2, -0.15) is 0 Å². The lowest BCUT2D eigenvalue weighted by molar-refractivity contribution is -0.138. The first-order valence-corrected chi connectivity index (χ1v) is 5.83. The average Bonchev–Trinajstić information content (AvgIpc) is 2.64. The predicted octanol–water partition coefficient (Wildman–Crippen LogP) is 3.42. The number of carbonyl (C=O) groups excluding carboxylic acids is 1. The molecule has 1 fully saturated rings. The van der Waals surface area contributed by atoms with E-state index in [-0.39, 0.29) is 29.2 Å². The van der Waals surface area contributed by atoms with Gasteiger partial charge < -0.3 is 9.15 Å². The van der Waals surface area contributed by atoms with E-state index in [1.165, 1.54) is 11.8 Å². The van der Waals surface area contributed by atoms with Gasteiger partial charge in [0.15, 0.2) is 0 Å². The molecule has 1 aromatic rings. The fourth-order valence-electron chi connectivity index (χ4n) is 2.28. The van der Waals surface area contributed by atoms with Crippen LogP contribution in [0.5, 0.6) is 5.95 Å². The van der Waals surface area contributed by atoms with Crippen molar-refractivity contribution in [2.24, 2.45) is 17.3 Å². The third kappa shape index (κ3) is 2.28. The standard InChI is InChI=1S/C14H18O3/c1-9(2)8-10-12(14(10,3)4)13(15)17-11-6-5-7-16-11/h5-8,10,12H,1-4H3. The van der Waals surface area contributed by atoms with Crippen LogP contribution in [0.25, 0.3) is 0 Å². The monoisotopic (exact) mass is 234 g/mol. The number of ether oxygens (including phenoxy) is 1. The maximum atomic E-state index is 12.0. The van der Waals surface area contributed by atoms with E-state index >= 15 is 0 Å². The molecule has 0 amide bonds. The number of rotatable bonds is 3. The molecule has 0 N–H and O–H groups in total. The zero-order valence-electron chi connectivity index (χ0n) is 10.7. The van der Waals surface area contributed by atoms with Gasteiger partial charge in [-0.1, -0.05) is 25.5 Å². The number of esters is 1. The molecule has 0 radical (unpaired) electrons. The fourth-order valence-corrected chi connectivity index (χ4v) is 2.28. The number of carbonyl (C=O) groups is 1. The van der Waals surface area contributed by atoms with Gasteiger partial charge in [-0.3, -0.25) is 4.79 Å². The molecule has 1 aliphatic carbocycles. The van der Waals surface area contributed by atoms with Crippen LogP contribution in [0.15, 0.2) is 34.5 Å². The molecule has 0 bridgehead atoms. The molecule has 2 rings (SSSR count). The van der Waals surface area contributed by atoms with Crippen LogP contribution in [0.3, 0.4) is 0 Å². The molecule has 0 spiro atoms. The van der Waals surface area contributed by atoms with E-state index in [4.69, 9.17) is 9.15 Å². The van der Waals surface area contributed by atoms with E-state index in [9.17, 15) is 4.79 Å². The van der Waals surface area contributed by atoms with Crippen molar-refractivity contribution in [3.63, 3.8) is 0 Å². The second-order valence-corrected chi connectivity index (χ2v) is 5.42. The van der Waals surface area contributed by atoms with Gasteiger partial charge in [-0.25, -0.2) is 0 Å². The molecule has 1 aliphatic rings. The zero-order chi connectivity index (χ0) is 12.6. The molecule has 17 heavy (non-hydrogen) atoms. The van der Waals surface area contributed by atoms with Gasteiger partial charge in [-0.05, 0) is 31.2 Å². The van der Waals surface area contributed by atoms with Gasteiger partial charge >= 0.3 is 5.97 Å². The van der Waals surface area contributed by atoms with Crippen molar-refractivity contribution in [1.29, 1.82) is 0 Å². The summed E-state index contributed by atoms with van der Waals surface area (Å²) in [4.78, 5) is 12.0. The highest BCUT2D eigenvalue weighted by Gasteiger charge is 2.61. The number of hydrogen-bond donors (Lipinski definition) is 0. The van der Waals surface area contributed by atoms with Crippen molar-refractivity contribution in [3.05, 3.63) is 30.0 Å². The quantitative estimate of drug-likeness (QED) is 0.594. The lowest BCUT2D eigenvalue weighted by Gasteiger charge is -2.01. The summed E-state index contributed by atoms with van der Waals surface area (Å²) < 4.78 is 10.2. The summed E-state index contributed by atoms with van der Waals surface area (Å²) in [5.74, 6) is 0.276. The van der Waals surface area contributed by atoms with E-state index in [2.05, 4.69) is 19.9 Å². The summed E-state index contributed by atoms with van der Waals surface area (Å²) in [6.07, 6.45) is 3.64. The second-order valence-electron chi connectivity index (χ2n) is 5.42. The molecule has 3 nitrogen and oxygen atoms in total. The van der Waals surface area contributed by atoms with E-state index < -0.39 is 0 Å². The van der Waals surface area contributed by atoms with Crippen molar-refractivity contribution < 1.29 is 13.9 Å². The third-order valence-electron chi connectivity index (χ3n) is 3.37. The highest BCUT2D eigenvalue weighted by molar-refractivity contribution is 5.80. The third-order valence-corrected chi connectivity index (χ3v) is 3.37. The van der Waals surface area contributed by atoms with Crippen molar-refractivity contribution in [2.75, 3.05) is 0 Å². The van der Waals surface area contributed by atoms with Gasteiger partial charge in [0.25, 0.3) is 5.95 Å². The van der Waals surface area contributed by atoms with E-state index in [0.29, 0.717) is 0 Å². The highest BCUT2D eigenvalue weighted by Crippen LogP contribution is 2.59. The summed E-state index contributed by atoms with van der Waals surface area (Å²) in [6.45, 7) is 8.27. The summed E-state index contributed by atoms with van der Waals surface area (Å²) >= 11 is 0. The molecule has 2 atom stereocenters. The fraction of sp³-hybridized carbons (Fsp3) is 0.500. The number of hydrogen-bond acceptors (Lipinski definition) is 3. The number of furan rings is 1. The lowest BCUT2D eigenvalue weighted by atomic mass is 10.1. The van der Waals surface area contributed by atoms with Crippen LogP contribution >= 0.6 is 0 Å². The maximum Gasteiger partial charge on any atom is 0.317 e. The Bertz CT molecular complexity index is 436. The highest BCUT2D eigenvalue weighted by atomic mass is 16.6. The summed E-state index contributed by atoms with van der Waals surface area (Å²) in [5.41, 5.74) is 1.22. The Morgan fingerprint density at radius 3 is 2.71 bits per heavy atom. The van der Waals surface area contributed by atoms with Crippen LogP contribution in [-0.2, 0) is 4.79 Å². The Balaban J connectivity index is 2.04. The Morgan fingerprint density at radius 2 is 2.18 bits per heavy atom. The van der Waals surface area contributed by atoms with Crippen molar-refractivity contribution in [2.45, 2.75) is 27.7 Å². The Kier molecular flexibility index (Phi) is 2.86. The molecule has 1 saturated carbocycles. The first-order valence-electron chi connectivity index (χ1n) is 5.83. The summed E-state index contributed by atoms with van der Waals surface area (Å²) in [5, 5.41) is 0. The normalized spacial score (nSPS) is 25.2. The minimum Gasteiger partial charge on any atom is -0.434 e. The van der Waals surface area contributed by atoms with E-state index in [1.54, 1.807) is 12.1 Å². The van der Waals surface area contributed by atoms with Gasteiger partial charge in [0, 0.05) is 6.07 Å². The zero-order valence-corrected chi connectivity index (χ0v) is 10.7. The minimum atomic E-state index is -0.201. The van der Waals surface area contributed by atoms with Gasteiger partial charge in [0.1, 0.15) is 0 Å². The Labute approximate surface area is 101 Å². The maximum absolute atomic E-state index is 12.0. The molecular formula is C14H18O3. The van der Waals surface area contributed by atoms with Gasteiger partial charge in [0.2, 0.25) is 0 Å². The first kappa shape index (κ1) is 12.0. The van der Waals surface area contributed by atoms with E-state index in [0.717, 1.165) is 0 Å². The molecule has 3 heteroatoms. The van der Waals surface area contributed by atoms with Crippen molar-refractivity contribution in [1.82, 2.24) is 0 Å². The molecule has 2 unspecified atom stereocenters. The minimum absolute atomic E-state index is 0.0130. The van der Waals surface area contributed by atoms with Crippen LogP contribution < -0.4 is 4.74 Å². The van der Waals surface area contributed by atoms with Crippen molar-refractivity contribution in [3.8, 4) is 5.95 Å². The summed E-state index contributed by atoms with van der Waals surface area (Å²) in [7, 11) is 0. The van der Waals surface area contributed by atoms with Crippen LogP contribution in [-0.4, -0.2) is 5.97 Å². The van der Waals surface area contributed by atoms with E-state index in [1.807, 2.05) is 13.8 Å². The molecule has 1 heterocycles. The SMILES string of the molecule is CC(C)=CC1C(C(=O)Oc2ccco2)C1(C)C. The topological polar surface area (TPSA) is 39.4 Å². The van der Waals surface area contributed by atoms with Crippen LogP contribution in [0.2, 0.25) is 0 Å². The van der Waals surface area contributed by atoms with Crippen LogP contribution in [0.4, 0.5) is 0 Å². The molecule has 0 saturated heterocycles. The first-order chi connectivity index (χ1) is 7.93. The number of allylic oxidation sites excluding steroid dienone is 2. The summed E-state index contributed by atoms with van der Waals surface area (Å²) in [6, 6.07) is 3.34. The molecule has 0 aliphatic heterocycles. The molecule has 92 valence electrons. The Morgan fingerprint density at radius 1 is 1.47 bits per heavy atom. The lowest BCUT2D eigenvalue weighted by Crippen LogP contribution is -2.13. The second kappa shape index (κ2) is 4.06. The van der Waals surface area contributed by atoms with Crippen molar-refractivity contribution >= 4 is 5.97 Å². The largest absolute Gasteiger partial charge is 0.434 e. The van der Waals surface area contributed by atoms with Gasteiger partial charge in [-0.15, -0.1) is 0 Å². The Hall–Kier alpha value is -1.51. The molecule has 1 aromatic heterocycles. The molecular weight excluding hydrogens is 216 g/mol. The van der Waals surface area contributed by atoms with Crippen LogP contribution in [0, 0.1) is 17.3 Å². The molecule has 0 aromatic carbocycles. The average molecular weight is 234 g/mol. The smallest absolute Gasteiger partial charge is 0.317 e.